The van der Waals surface area contributed by atoms with Gasteiger partial charge in [0, 0.05) is 0 Å². The van der Waals surface area contributed by atoms with Crippen molar-refractivity contribution >= 4 is 0 Å². The van der Waals surface area contributed by atoms with Gasteiger partial charge in [0.15, 0.2) is 0 Å². The van der Waals surface area contributed by atoms with Crippen LogP contribution in [0.25, 0.3) is 0 Å². The summed E-state index contributed by atoms with van der Waals surface area (Å²) in [6.45, 7) is 5.39. The molecule has 2 fully saturated rings. The molecular weight excluding hydrogens is 124 g/mol. The van der Waals surface area contributed by atoms with Crippen LogP contribution in [-0.2, 0) is 4.74 Å². The van der Waals surface area contributed by atoms with Crippen LogP contribution >= 0.6 is 0 Å². The highest BCUT2D eigenvalue weighted by Gasteiger charge is 2.63. The van der Waals surface area contributed by atoms with Crippen LogP contribution in [0.4, 0.5) is 0 Å². The minimum atomic E-state index is 0.486. The second-order valence-corrected chi connectivity index (χ2v) is 3.78. The van der Waals surface area contributed by atoms with E-state index in [1.165, 1.54) is 6.42 Å². The Morgan fingerprint density at radius 2 is 2.20 bits per heavy atom. The summed E-state index contributed by atoms with van der Waals surface area (Å²) in [6, 6.07) is 0. The largest absolute Gasteiger partial charge is 0.378 e. The standard InChI is InChI=1S/C9H16O/c1-3-6(2)10-5-9-7-4-8(7)9/h6-9H,3-5H2,1-2H3. The highest BCUT2D eigenvalue weighted by atomic mass is 16.5. The summed E-state index contributed by atoms with van der Waals surface area (Å²) in [6.07, 6.45) is 3.15. The van der Waals surface area contributed by atoms with Crippen molar-refractivity contribution in [3.63, 3.8) is 0 Å². The van der Waals surface area contributed by atoms with E-state index in [9.17, 15) is 0 Å². The van der Waals surface area contributed by atoms with Gasteiger partial charge in [0.1, 0.15) is 0 Å². The molecule has 10 heavy (non-hydrogen) atoms. The zero-order chi connectivity index (χ0) is 7.14. The molecule has 0 amide bonds. The van der Waals surface area contributed by atoms with Crippen LogP contribution in [0.2, 0.25) is 0 Å². The lowest BCUT2D eigenvalue weighted by Crippen LogP contribution is -2.11. The Bertz CT molecular complexity index is 123. The minimum absolute atomic E-state index is 0.486. The molecule has 0 aromatic carbocycles. The van der Waals surface area contributed by atoms with Crippen LogP contribution in [0.15, 0.2) is 0 Å². The maximum absolute atomic E-state index is 5.62. The van der Waals surface area contributed by atoms with E-state index >= 15 is 0 Å². The van der Waals surface area contributed by atoms with Crippen molar-refractivity contribution in [2.45, 2.75) is 32.8 Å². The van der Waals surface area contributed by atoms with E-state index < -0.39 is 0 Å². The van der Waals surface area contributed by atoms with Gasteiger partial charge in [0.2, 0.25) is 0 Å². The van der Waals surface area contributed by atoms with Gasteiger partial charge >= 0.3 is 0 Å². The molecule has 2 aliphatic rings. The Morgan fingerprint density at radius 3 is 2.60 bits per heavy atom. The van der Waals surface area contributed by atoms with Crippen molar-refractivity contribution < 1.29 is 4.74 Å². The number of hydrogen-bond acceptors (Lipinski definition) is 1. The van der Waals surface area contributed by atoms with E-state index in [0.717, 1.165) is 30.8 Å². The fourth-order valence-electron chi connectivity index (χ4n) is 1.55. The third-order valence-electron chi connectivity index (χ3n) is 3.00. The predicted octanol–water partition coefficient (Wildman–Crippen LogP) is 2.07. The normalized spacial score (nSPS) is 44.4. The molecule has 0 spiro atoms. The molecule has 1 heteroatoms. The summed E-state index contributed by atoms with van der Waals surface area (Å²) in [4.78, 5) is 0. The Balaban J connectivity index is 1.55. The molecule has 2 saturated carbocycles. The molecule has 3 atom stereocenters. The quantitative estimate of drug-likeness (QED) is 0.581. The van der Waals surface area contributed by atoms with Gasteiger partial charge < -0.3 is 4.74 Å². The summed E-state index contributed by atoms with van der Waals surface area (Å²) >= 11 is 0. The van der Waals surface area contributed by atoms with E-state index in [1.54, 1.807) is 0 Å². The van der Waals surface area contributed by atoms with Crippen LogP contribution in [0.1, 0.15) is 26.7 Å². The first-order valence-corrected chi connectivity index (χ1v) is 4.44. The highest BCUT2D eigenvalue weighted by Crippen LogP contribution is 2.68. The molecule has 0 heterocycles. The summed E-state index contributed by atoms with van der Waals surface area (Å²) in [5.41, 5.74) is 0. The molecule has 0 radical (unpaired) electrons. The first-order valence-electron chi connectivity index (χ1n) is 4.44. The molecule has 58 valence electrons. The fourth-order valence-corrected chi connectivity index (χ4v) is 1.55. The molecule has 0 aliphatic heterocycles. The van der Waals surface area contributed by atoms with Gasteiger partial charge in [-0.3, -0.25) is 0 Å². The Labute approximate surface area is 62.8 Å². The average Bonchev–Trinajstić information content (AvgIpc) is 2.73. The topological polar surface area (TPSA) is 9.23 Å². The SMILES string of the molecule is CCC(C)OCC1C2CC12. The Hall–Kier alpha value is -0.0400. The van der Waals surface area contributed by atoms with E-state index in [2.05, 4.69) is 13.8 Å². The minimum Gasteiger partial charge on any atom is -0.378 e. The van der Waals surface area contributed by atoms with Gasteiger partial charge in [0.05, 0.1) is 12.7 Å². The van der Waals surface area contributed by atoms with E-state index in [1.807, 2.05) is 0 Å². The molecule has 0 aromatic rings. The van der Waals surface area contributed by atoms with Crippen molar-refractivity contribution in [1.82, 2.24) is 0 Å². The molecule has 2 rings (SSSR count). The van der Waals surface area contributed by atoms with Crippen molar-refractivity contribution in [3.05, 3.63) is 0 Å². The highest BCUT2D eigenvalue weighted by molar-refractivity contribution is 5.11. The van der Waals surface area contributed by atoms with Crippen molar-refractivity contribution in [2.24, 2.45) is 17.8 Å². The van der Waals surface area contributed by atoms with Crippen LogP contribution in [0.3, 0.4) is 0 Å². The number of ether oxygens (including phenoxy) is 1. The molecule has 3 unspecified atom stereocenters. The smallest absolute Gasteiger partial charge is 0.0544 e. The lowest BCUT2D eigenvalue weighted by atomic mass is 10.2. The van der Waals surface area contributed by atoms with Gasteiger partial charge in [-0.15, -0.1) is 0 Å². The maximum atomic E-state index is 5.62. The van der Waals surface area contributed by atoms with Gasteiger partial charge in [-0.05, 0) is 37.5 Å². The van der Waals surface area contributed by atoms with Crippen LogP contribution < -0.4 is 0 Å². The molecule has 0 bridgehead atoms. The van der Waals surface area contributed by atoms with Crippen molar-refractivity contribution in [2.75, 3.05) is 6.61 Å². The van der Waals surface area contributed by atoms with Crippen LogP contribution in [-0.4, -0.2) is 12.7 Å². The maximum Gasteiger partial charge on any atom is 0.0544 e. The first-order chi connectivity index (χ1) is 4.83. The zero-order valence-corrected chi connectivity index (χ0v) is 6.84. The zero-order valence-electron chi connectivity index (χ0n) is 6.84. The second-order valence-electron chi connectivity index (χ2n) is 3.78. The van der Waals surface area contributed by atoms with Crippen LogP contribution in [0.5, 0.6) is 0 Å². The molecule has 0 aromatic heterocycles. The third-order valence-corrected chi connectivity index (χ3v) is 3.00. The van der Waals surface area contributed by atoms with Crippen LogP contribution in [0, 0.1) is 17.8 Å². The van der Waals surface area contributed by atoms with Gasteiger partial charge in [-0.1, -0.05) is 6.92 Å². The summed E-state index contributed by atoms with van der Waals surface area (Å²) < 4.78 is 5.62. The summed E-state index contributed by atoms with van der Waals surface area (Å²) in [5, 5.41) is 0. The lowest BCUT2D eigenvalue weighted by molar-refractivity contribution is 0.0474. The summed E-state index contributed by atoms with van der Waals surface area (Å²) in [7, 11) is 0. The average molecular weight is 140 g/mol. The molecule has 2 aliphatic carbocycles. The molecule has 1 nitrogen and oxygen atoms in total. The monoisotopic (exact) mass is 140 g/mol. The summed E-state index contributed by atoms with van der Waals surface area (Å²) in [5.74, 6) is 3.18. The van der Waals surface area contributed by atoms with E-state index in [-0.39, 0.29) is 0 Å². The predicted molar refractivity (Wildman–Crippen MR) is 40.8 cm³/mol. The molecule has 0 N–H and O–H groups in total. The van der Waals surface area contributed by atoms with Crippen molar-refractivity contribution in [1.29, 1.82) is 0 Å². The second kappa shape index (κ2) is 2.23. The Morgan fingerprint density at radius 1 is 1.50 bits per heavy atom. The fraction of sp³-hybridized carbons (Fsp3) is 1.00. The van der Waals surface area contributed by atoms with Crippen molar-refractivity contribution in [3.8, 4) is 0 Å². The van der Waals surface area contributed by atoms with Gasteiger partial charge in [-0.2, -0.15) is 0 Å². The van der Waals surface area contributed by atoms with Gasteiger partial charge in [-0.25, -0.2) is 0 Å². The lowest BCUT2D eigenvalue weighted by Gasteiger charge is -2.11. The van der Waals surface area contributed by atoms with E-state index in [4.69, 9.17) is 4.74 Å². The molecule has 0 saturated heterocycles. The van der Waals surface area contributed by atoms with E-state index in [0.29, 0.717) is 6.10 Å². The number of hydrogen-bond donors (Lipinski definition) is 0. The number of fused-ring (bicyclic) bond motifs is 1. The van der Waals surface area contributed by atoms with Gasteiger partial charge in [0.25, 0.3) is 0 Å². The first kappa shape index (κ1) is 6.66. The number of rotatable bonds is 4. The third kappa shape index (κ3) is 1.07. The Kier molecular flexibility index (Phi) is 1.48. The molecular formula is C9H16O.